The first-order valence-electron chi connectivity index (χ1n) is 7.23. The summed E-state index contributed by atoms with van der Waals surface area (Å²) in [6.45, 7) is -2.58. The zero-order valence-electron chi connectivity index (χ0n) is 12.7. The Morgan fingerprint density at radius 3 is 2.76 bits per heavy atom. The average molecular weight is 349 g/mol. The lowest BCUT2D eigenvalue weighted by molar-refractivity contribution is 0.0671. The van der Waals surface area contributed by atoms with Crippen molar-refractivity contribution in [1.82, 2.24) is 14.5 Å². The average Bonchev–Trinajstić information content (AvgIpc) is 3.03. The number of fused-ring (bicyclic) bond motifs is 1. The summed E-state index contributed by atoms with van der Waals surface area (Å²) in [5, 5.41) is 12.2. The molecule has 2 aromatic heterocycles. The maximum Gasteiger partial charge on any atom is 0.319 e. The molecule has 0 radical (unpaired) electrons. The van der Waals surface area contributed by atoms with Crippen molar-refractivity contribution >= 4 is 16.6 Å². The lowest BCUT2D eigenvalue weighted by Gasteiger charge is -2.12. The zero-order chi connectivity index (χ0) is 18.0. The second-order valence-corrected chi connectivity index (χ2v) is 5.15. The molecule has 0 atom stereocenters. The van der Waals surface area contributed by atoms with Gasteiger partial charge in [-0.05, 0) is 6.07 Å². The van der Waals surface area contributed by atoms with E-state index in [4.69, 9.17) is 0 Å². The van der Waals surface area contributed by atoms with Crippen LogP contribution in [0.3, 0.4) is 0 Å². The Kier molecular flexibility index (Phi) is 4.52. The van der Waals surface area contributed by atoms with Crippen LogP contribution < -0.4 is 5.32 Å². The number of nitrogens with one attached hydrogen (secondary N) is 1. The maximum absolute atomic E-state index is 13.8. The molecule has 0 amide bonds. The molecular formula is C16H11F4N5. The van der Waals surface area contributed by atoms with Gasteiger partial charge in [-0.1, -0.05) is 0 Å². The fourth-order valence-corrected chi connectivity index (χ4v) is 2.52. The molecule has 0 spiro atoms. The number of hydrogen-bond donors (Lipinski definition) is 1. The van der Waals surface area contributed by atoms with Crippen LogP contribution in [0.25, 0.3) is 10.9 Å². The van der Waals surface area contributed by atoms with Gasteiger partial charge in [-0.15, -0.1) is 0 Å². The highest BCUT2D eigenvalue weighted by Gasteiger charge is 2.15. The molecule has 25 heavy (non-hydrogen) atoms. The van der Waals surface area contributed by atoms with Crippen LogP contribution in [0.5, 0.6) is 0 Å². The molecule has 0 aliphatic rings. The molecule has 0 saturated carbocycles. The third-order valence-electron chi connectivity index (χ3n) is 3.62. The van der Waals surface area contributed by atoms with Crippen LogP contribution in [-0.2, 0) is 6.42 Å². The van der Waals surface area contributed by atoms with E-state index in [1.165, 1.54) is 12.4 Å². The number of nitrogens with zero attached hydrogens (tertiary/aromatic N) is 4. The third-order valence-corrected chi connectivity index (χ3v) is 3.62. The van der Waals surface area contributed by atoms with E-state index >= 15 is 0 Å². The van der Waals surface area contributed by atoms with E-state index in [1.807, 2.05) is 6.07 Å². The van der Waals surface area contributed by atoms with Crippen molar-refractivity contribution in [3.8, 4) is 6.07 Å². The largest absolute Gasteiger partial charge is 0.383 e. The minimum Gasteiger partial charge on any atom is -0.383 e. The Labute approximate surface area is 139 Å². The summed E-state index contributed by atoms with van der Waals surface area (Å²) in [5.41, 5.74) is 0.202. The highest BCUT2D eigenvalue weighted by Crippen LogP contribution is 2.28. The van der Waals surface area contributed by atoms with Gasteiger partial charge in [0.05, 0.1) is 11.3 Å². The van der Waals surface area contributed by atoms with Crippen molar-refractivity contribution in [1.29, 1.82) is 5.26 Å². The van der Waals surface area contributed by atoms with E-state index in [9.17, 15) is 22.8 Å². The Bertz CT molecular complexity index is 961. The van der Waals surface area contributed by atoms with Gasteiger partial charge in [-0.25, -0.2) is 13.8 Å². The van der Waals surface area contributed by atoms with Crippen LogP contribution in [0.2, 0.25) is 0 Å². The molecule has 2 heterocycles. The van der Waals surface area contributed by atoms with Gasteiger partial charge in [0.25, 0.3) is 0 Å². The lowest BCUT2D eigenvalue weighted by Crippen LogP contribution is -2.12. The van der Waals surface area contributed by atoms with Crippen molar-refractivity contribution in [3.63, 3.8) is 0 Å². The molecule has 5 nitrogen and oxygen atoms in total. The quantitative estimate of drug-likeness (QED) is 0.715. The summed E-state index contributed by atoms with van der Waals surface area (Å²) in [4.78, 5) is 7.68. The predicted octanol–water partition coefficient (Wildman–Crippen LogP) is 3.63. The van der Waals surface area contributed by atoms with E-state index in [2.05, 4.69) is 15.3 Å². The second kappa shape index (κ2) is 6.76. The minimum atomic E-state index is -2.71. The zero-order valence-corrected chi connectivity index (χ0v) is 12.7. The maximum atomic E-state index is 13.8. The van der Waals surface area contributed by atoms with Crippen molar-refractivity contribution in [2.24, 2.45) is 0 Å². The van der Waals surface area contributed by atoms with Crippen LogP contribution in [0, 0.1) is 23.0 Å². The van der Waals surface area contributed by atoms with Gasteiger partial charge in [0, 0.05) is 43.0 Å². The van der Waals surface area contributed by atoms with Crippen LogP contribution in [0.4, 0.5) is 23.2 Å². The first kappa shape index (κ1) is 16.7. The molecule has 1 aromatic carbocycles. The molecule has 0 fully saturated rings. The van der Waals surface area contributed by atoms with Crippen LogP contribution in [-0.4, -0.2) is 21.1 Å². The van der Waals surface area contributed by atoms with Gasteiger partial charge in [-0.2, -0.15) is 14.0 Å². The number of hydrogen-bond acceptors (Lipinski definition) is 4. The second-order valence-electron chi connectivity index (χ2n) is 5.15. The molecule has 3 aromatic rings. The molecule has 0 saturated heterocycles. The minimum absolute atomic E-state index is 0.0861. The number of aromatic nitrogens is 3. The summed E-state index contributed by atoms with van der Waals surface area (Å²) in [7, 11) is 0. The summed E-state index contributed by atoms with van der Waals surface area (Å²) in [6, 6.07) is 3.65. The van der Waals surface area contributed by atoms with E-state index in [-0.39, 0.29) is 40.9 Å². The summed E-state index contributed by atoms with van der Waals surface area (Å²) in [5.74, 6) is -1.51. The number of halogens is 4. The Morgan fingerprint density at radius 1 is 1.24 bits per heavy atom. The fraction of sp³-hybridized carbons (Fsp3) is 0.188. The standard InChI is InChI=1S/C16H11F4N5/c17-10-5-11-14(9(7-21)8-24-15(11)12(18)6-10)23-2-1-13-22-3-4-25(13)16(19)20/h3-6,8,16H,1-2H2,(H,23,24). The van der Waals surface area contributed by atoms with Gasteiger partial charge in [-0.3, -0.25) is 9.55 Å². The molecular weight excluding hydrogens is 338 g/mol. The summed E-state index contributed by atoms with van der Waals surface area (Å²) < 4.78 is 53.7. The predicted molar refractivity (Wildman–Crippen MR) is 82.0 cm³/mol. The first-order valence-corrected chi connectivity index (χ1v) is 7.23. The molecule has 128 valence electrons. The smallest absolute Gasteiger partial charge is 0.319 e. The molecule has 0 aliphatic heterocycles. The van der Waals surface area contributed by atoms with Gasteiger partial charge < -0.3 is 5.32 Å². The molecule has 0 unspecified atom stereocenters. The number of rotatable bonds is 5. The van der Waals surface area contributed by atoms with E-state index in [0.29, 0.717) is 6.07 Å². The number of nitriles is 1. The van der Waals surface area contributed by atoms with Crippen molar-refractivity contribution < 1.29 is 17.6 Å². The Balaban J connectivity index is 1.90. The van der Waals surface area contributed by atoms with Gasteiger partial charge in [0.15, 0.2) is 5.82 Å². The summed E-state index contributed by atoms with van der Waals surface area (Å²) in [6.07, 6.45) is 3.72. The Morgan fingerprint density at radius 2 is 2.04 bits per heavy atom. The SMILES string of the molecule is N#Cc1cnc2c(F)cc(F)cc2c1NCCc1nccn1C(F)F. The van der Waals surface area contributed by atoms with E-state index < -0.39 is 18.2 Å². The van der Waals surface area contributed by atoms with Gasteiger partial charge >= 0.3 is 6.55 Å². The molecule has 0 aliphatic carbocycles. The van der Waals surface area contributed by atoms with Crippen LogP contribution in [0.15, 0.2) is 30.7 Å². The number of imidazole rings is 1. The van der Waals surface area contributed by atoms with Crippen molar-refractivity contribution in [2.45, 2.75) is 13.0 Å². The number of benzene rings is 1. The van der Waals surface area contributed by atoms with Crippen LogP contribution >= 0.6 is 0 Å². The normalized spacial score (nSPS) is 11.0. The highest BCUT2D eigenvalue weighted by molar-refractivity contribution is 5.94. The molecule has 9 heteroatoms. The van der Waals surface area contributed by atoms with Crippen LogP contribution in [0.1, 0.15) is 17.9 Å². The highest BCUT2D eigenvalue weighted by atomic mass is 19.3. The monoisotopic (exact) mass is 349 g/mol. The number of pyridine rings is 1. The summed E-state index contributed by atoms with van der Waals surface area (Å²) >= 11 is 0. The van der Waals surface area contributed by atoms with Crippen molar-refractivity contribution in [3.05, 3.63) is 53.7 Å². The first-order chi connectivity index (χ1) is 12.0. The fourth-order valence-electron chi connectivity index (χ4n) is 2.52. The molecule has 3 rings (SSSR count). The Hall–Kier alpha value is -3.15. The number of alkyl halides is 2. The van der Waals surface area contributed by atoms with E-state index in [0.717, 1.165) is 16.8 Å². The van der Waals surface area contributed by atoms with Gasteiger partial charge in [0.2, 0.25) is 0 Å². The topological polar surface area (TPSA) is 66.5 Å². The molecule has 1 N–H and O–H groups in total. The molecule has 0 bridgehead atoms. The number of anilines is 1. The van der Waals surface area contributed by atoms with E-state index in [1.54, 1.807) is 0 Å². The third kappa shape index (κ3) is 3.24. The van der Waals surface area contributed by atoms with Crippen molar-refractivity contribution in [2.75, 3.05) is 11.9 Å². The van der Waals surface area contributed by atoms with Gasteiger partial charge in [0.1, 0.15) is 23.2 Å². The lowest BCUT2D eigenvalue weighted by atomic mass is 10.1.